The van der Waals surface area contributed by atoms with Crippen LogP contribution in [-0.2, 0) is 11.2 Å². The lowest BCUT2D eigenvalue weighted by Gasteiger charge is -2.27. The molecule has 1 atom stereocenters. The molecule has 3 heterocycles. The second kappa shape index (κ2) is 6.88. The zero-order valence-electron chi connectivity index (χ0n) is 13.1. The van der Waals surface area contributed by atoms with Crippen LogP contribution in [0.25, 0.3) is 0 Å². The fourth-order valence-corrected chi connectivity index (χ4v) is 4.42. The molecule has 2 aliphatic heterocycles. The van der Waals surface area contributed by atoms with E-state index in [4.69, 9.17) is 16.3 Å². The number of halogens is 1. The Morgan fingerprint density at radius 1 is 1.43 bits per heavy atom. The molecule has 1 aromatic heterocycles. The second-order valence-corrected chi connectivity index (χ2v) is 7.48. The highest BCUT2D eigenvalue weighted by Gasteiger charge is 2.31. The Morgan fingerprint density at radius 3 is 3.04 bits per heavy atom. The Labute approximate surface area is 142 Å². The Hall–Kier alpha value is -1.60. The summed E-state index contributed by atoms with van der Waals surface area (Å²) < 4.78 is 5.18. The molecule has 1 unspecified atom stereocenters. The van der Waals surface area contributed by atoms with Gasteiger partial charge in [0.1, 0.15) is 0 Å². The molecule has 0 aromatic carbocycles. The Kier molecular flexibility index (Phi) is 4.87. The van der Waals surface area contributed by atoms with E-state index >= 15 is 0 Å². The van der Waals surface area contributed by atoms with Gasteiger partial charge in [-0.3, -0.25) is 0 Å². The van der Waals surface area contributed by atoms with Crippen molar-refractivity contribution in [1.29, 1.82) is 0 Å². The maximum Gasteiger partial charge on any atom is 0.357 e. The van der Waals surface area contributed by atoms with Crippen molar-refractivity contribution in [2.24, 2.45) is 4.99 Å². The molecular weight excluding hydrogens is 336 g/mol. The molecule has 0 saturated heterocycles. The van der Waals surface area contributed by atoms with Crippen molar-refractivity contribution in [3.8, 4) is 0 Å². The number of hydrogen-bond acceptors (Lipinski definition) is 6. The van der Waals surface area contributed by atoms with Crippen LogP contribution in [0.4, 0.5) is 10.6 Å². The van der Waals surface area contributed by atoms with Crippen molar-refractivity contribution >= 4 is 38.8 Å². The van der Waals surface area contributed by atoms with Gasteiger partial charge in [0.2, 0.25) is 0 Å². The highest BCUT2D eigenvalue weighted by molar-refractivity contribution is 8.43. The van der Waals surface area contributed by atoms with E-state index < -0.39 is 10.9 Å². The lowest BCUT2D eigenvalue weighted by atomic mass is 10.1. The van der Waals surface area contributed by atoms with Gasteiger partial charge in [-0.25, -0.2) is 9.79 Å². The van der Waals surface area contributed by atoms with Crippen LogP contribution < -0.4 is 4.90 Å². The molecule has 3 rings (SSSR count). The van der Waals surface area contributed by atoms with Gasteiger partial charge < -0.3 is 9.64 Å². The van der Waals surface area contributed by atoms with Gasteiger partial charge in [0, 0.05) is 18.3 Å². The summed E-state index contributed by atoms with van der Waals surface area (Å²) in [5, 5.41) is 11.1. The van der Waals surface area contributed by atoms with E-state index in [-0.39, 0.29) is 5.30 Å². The lowest BCUT2D eigenvalue weighted by molar-refractivity contribution is 0.181. The third kappa shape index (κ3) is 3.07. The standard InChI is InChI=1S/C15H19ClN4O2S/c1-3-22-15(21)23-9-7-17-14(23)20-8-5-4-6-11-10(2)12(16)18-19-13(11)20/h7,9,23H,3-6,8H2,1-2H3. The Bertz CT molecular complexity index is 692. The summed E-state index contributed by atoms with van der Waals surface area (Å²) in [6, 6.07) is 0. The molecular formula is C15H19ClN4O2S. The molecule has 23 heavy (non-hydrogen) atoms. The zero-order chi connectivity index (χ0) is 16.4. The topological polar surface area (TPSA) is 67.7 Å². The van der Waals surface area contributed by atoms with Gasteiger partial charge in [-0.05, 0) is 44.1 Å². The summed E-state index contributed by atoms with van der Waals surface area (Å²) in [6.07, 6.45) is 4.63. The van der Waals surface area contributed by atoms with Gasteiger partial charge >= 0.3 is 5.30 Å². The summed E-state index contributed by atoms with van der Waals surface area (Å²) in [6.45, 7) is 4.90. The van der Waals surface area contributed by atoms with Gasteiger partial charge in [-0.1, -0.05) is 22.5 Å². The predicted octanol–water partition coefficient (Wildman–Crippen LogP) is 3.58. The normalized spacial score (nSPS) is 21.6. The smallest absolute Gasteiger partial charge is 0.357 e. The molecule has 0 saturated carbocycles. The van der Waals surface area contributed by atoms with E-state index in [0.29, 0.717) is 11.8 Å². The van der Waals surface area contributed by atoms with E-state index in [9.17, 15) is 4.79 Å². The third-order valence-corrected chi connectivity index (χ3v) is 6.01. The number of aliphatic imine (C=N–C) groups is 1. The van der Waals surface area contributed by atoms with Gasteiger partial charge in [0.05, 0.1) is 6.61 Å². The van der Waals surface area contributed by atoms with E-state index in [2.05, 4.69) is 15.2 Å². The van der Waals surface area contributed by atoms with Crippen molar-refractivity contribution in [1.82, 2.24) is 10.2 Å². The van der Waals surface area contributed by atoms with Crippen LogP contribution in [0.1, 0.15) is 30.9 Å². The Morgan fingerprint density at radius 2 is 2.26 bits per heavy atom. The van der Waals surface area contributed by atoms with Gasteiger partial charge in [-0.15, -0.1) is 10.2 Å². The number of anilines is 1. The maximum absolute atomic E-state index is 12.2. The number of fused-ring (bicyclic) bond motifs is 1. The second-order valence-electron chi connectivity index (χ2n) is 5.32. The van der Waals surface area contributed by atoms with E-state index in [1.165, 1.54) is 0 Å². The molecule has 8 heteroatoms. The first-order chi connectivity index (χ1) is 11.1. The number of ether oxygens (including phenoxy) is 1. The van der Waals surface area contributed by atoms with Crippen molar-refractivity contribution < 1.29 is 9.53 Å². The van der Waals surface area contributed by atoms with E-state index in [0.717, 1.165) is 47.9 Å². The SMILES string of the molecule is CCOC(=O)[SH]1C=CN=C1N1CCCCc2c1nnc(Cl)c2C. The maximum atomic E-state index is 12.2. The van der Waals surface area contributed by atoms with Crippen LogP contribution in [0, 0.1) is 6.92 Å². The van der Waals surface area contributed by atoms with Crippen molar-refractivity contribution in [3.05, 3.63) is 27.9 Å². The number of carbonyl (C=O) groups excluding carboxylic acids is 1. The number of rotatable bonds is 1. The first-order valence-electron chi connectivity index (χ1n) is 7.63. The first kappa shape index (κ1) is 16.3. The zero-order valence-corrected chi connectivity index (χ0v) is 14.8. The highest BCUT2D eigenvalue weighted by atomic mass is 35.5. The Balaban J connectivity index is 1.98. The summed E-state index contributed by atoms with van der Waals surface area (Å²) >= 11 is 6.12. The van der Waals surface area contributed by atoms with Crippen molar-refractivity contribution in [3.63, 3.8) is 0 Å². The average molecular weight is 355 g/mol. The first-order valence-corrected chi connectivity index (χ1v) is 9.42. The summed E-state index contributed by atoms with van der Waals surface area (Å²) in [5.74, 6) is 0.767. The minimum atomic E-state index is -1.22. The van der Waals surface area contributed by atoms with Crippen LogP contribution in [0.3, 0.4) is 0 Å². The molecule has 0 radical (unpaired) electrons. The number of aromatic nitrogens is 2. The van der Waals surface area contributed by atoms with Crippen molar-refractivity contribution in [2.45, 2.75) is 33.1 Å². The predicted molar refractivity (Wildman–Crippen MR) is 94.6 cm³/mol. The molecule has 6 nitrogen and oxygen atoms in total. The fourth-order valence-electron chi connectivity index (χ4n) is 2.74. The third-order valence-electron chi connectivity index (χ3n) is 3.91. The van der Waals surface area contributed by atoms with Crippen LogP contribution in [0.2, 0.25) is 5.15 Å². The highest BCUT2D eigenvalue weighted by Crippen LogP contribution is 2.40. The summed E-state index contributed by atoms with van der Waals surface area (Å²) in [5.41, 5.74) is 2.05. The fraction of sp³-hybridized carbons (Fsp3) is 0.467. The van der Waals surface area contributed by atoms with E-state index in [1.54, 1.807) is 6.20 Å². The number of carbonyl (C=O) groups is 1. The molecule has 124 valence electrons. The van der Waals surface area contributed by atoms with Crippen LogP contribution in [0.5, 0.6) is 0 Å². The molecule has 0 aliphatic carbocycles. The van der Waals surface area contributed by atoms with Gasteiger partial charge in [0.25, 0.3) is 0 Å². The van der Waals surface area contributed by atoms with Crippen LogP contribution in [0.15, 0.2) is 16.6 Å². The number of hydrogen-bond donors (Lipinski definition) is 1. The van der Waals surface area contributed by atoms with E-state index in [1.807, 2.05) is 24.2 Å². The summed E-state index contributed by atoms with van der Waals surface area (Å²) in [4.78, 5) is 18.6. The molecule has 0 amide bonds. The van der Waals surface area contributed by atoms with Gasteiger partial charge in [0.15, 0.2) is 16.1 Å². The quantitative estimate of drug-likeness (QED) is 0.616. The molecule has 0 spiro atoms. The molecule has 0 fully saturated rings. The number of nitrogens with zero attached hydrogens (tertiary/aromatic N) is 4. The molecule has 1 aromatic rings. The molecule has 2 aliphatic rings. The van der Waals surface area contributed by atoms with Crippen molar-refractivity contribution in [2.75, 3.05) is 18.1 Å². The monoisotopic (exact) mass is 354 g/mol. The van der Waals surface area contributed by atoms with Gasteiger partial charge in [-0.2, -0.15) is 0 Å². The molecule has 0 bridgehead atoms. The van der Waals surface area contributed by atoms with Crippen LogP contribution in [-0.4, -0.2) is 33.8 Å². The largest absolute Gasteiger partial charge is 0.459 e. The van der Waals surface area contributed by atoms with Crippen LogP contribution >= 0.6 is 22.5 Å². The minimum absolute atomic E-state index is 0.223. The lowest BCUT2D eigenvalue weighted by Crippen LogP contribution is -2.33. The summed E-state index contributed by atoms with van der Waals surface area (Å²) in [7, 11) is -1.22. The molecule has 0 N–H and O–H groups in total. The minimum Gasteiger partial charge on any atom is -0.459 e. The number of thiol groups is 1. The number of amidine groups is 1. The average Bonchev–Trinajstić information content (AvgIpc) is 2.92.